The number of para-hydroxylation sites is 2. The normalized spacial score (nSPS) is 13.8. The fourth-order valence-corrected chi connectivity index (χ4v) is 9.18. The topological polar surface area (TPSA) is 30.8 Å². The van der Waals surface area contributed by atoms with Gasteiger partial charge in [-0.3, -0.25) is 4.57 Å². The Hall–Kier alpha value is -5.22. The number of nitrogens with zero attached hydrogens (tertiary/aromatic N) is 3. The number of hydrogen-bond donors (Lipinski definition) is 0. The van der Waals surface area contributed by atoms with Crippen molar-refractivity contribution < 1.29 is 0 Å². The van der Waals surface area contributed by atoms with Crippen molar-refractivity contribution in [3.63, 3.8) is 0 Å². The fraction of sp³-hybridized carbons (Fsp3) is 0.0541. The van der Waals surface area contributed by atoms with Crippen LogP contribution in [0, 0.1) is 0 Å². The van der Waals surface area contributed by atoms with E-state index in [-0.39, 0.29) is 19.1 Å². The van der Waals surface area contributed by atoms with Crippen LogP contribution in [0.2, 0.25) is 0 Å². The molecule has 198 valence electrons. The van der Waals surface area contributed by atoms with Gasteiger partial charge in [0.25, 0.3) is 13.4 Å². The zero-order chi connectivity index (χ0) is 28.3. The molecule has 6 heteroatoms. The van der Waals surface area contributed by atoms with Crippen LogP contribution in [0.3, 0.4) is 0 Å². The lowest BCUT2D eigenvalue weighted by Crippen LogP contribution is -2.61. The highest BCUT2D eigenvalue weighted by Crippen LogP contribution is 2.40. The second-order valence-corrected chi connectivity index (χ2v) is 12.0. The van der Waals surface area contributed by atoms with E-state index in [1.165, 1.54) is 60.7 Å². The van der Waals surface area contributed by atoms with Crippen molar-refractivity contribution in [3.05, 3.63) is 114 Å². The van der Waals surface area contributed by atoms with E-state index in [9.17, 15) is 4.79 Å². The summed E-state index contributed by atoms with van der Waals surface area (Å²) in [5.41, 5.74) is 18.6. The van der Waals surface area contributed by atoms with Gasteiger partial charge in [0.1, 0.15) is 11.3 Å². The molecular weight excluding hydrogens is 524 g/mol. The van der Waals surface area contributed by atoms with Crippen molar-refractivity contribution >= 4 is 79.3 Å². The molecule has 7 heterocycles. The summed E-state index contributed by atoms with van der Waals surface area (Å²) in [6.07, 6.45) is 0. The lowest BCUT2D eigenvalue weighted by molar-refractivity contribution is 0.916. The molecule has 0 amide bonds. The van der Waals surface area contributed by atoms with Gasteiger partial charge in [-0.1, -0.05) is 110 Å². The third-order valence-corrected chi connectivity index (χ3v) is 10.5. The monoisotopic (exact) mass is 547 g/mol. The average Bonchev–Trinajstić information content (AvgIpc) is 3.79. The van der Waals surface area contributed by atoms with Crippen LogP contribution in [-0.2, 0) is 0 Å². The Kier molecular flexibility index (Phi) is 3.76. The van der Waals surface area contributed by atoms with Crippen LogP contribution < -0.4 is 38.5 Å². The molecule has 8 aromatic rings. The summed E-state index contributed by atoms with van der Waals surface area (Å²) in [7, 11) is 0. The highest BCUT2D eigenvalue weighted by Gasteiger charge is 2.51. The van der Waals surface area contributed by atoms with Gasteiger partial charge in [-0.2, -0.15) is 0 Å². The minimum atomic E-state index is 0.0111. The Morgan fingerprint density at radius 2 is 0.953 bits per heavy atom. The summed E-state index contributed by atoms with van der Waals surface area (Å²) >= 11 is 0. The van der Waals surface area contributed by atoms with E-state index in [1.807, 2.05) is 22.6 Å². The Morgan fingerprint density at radius 1 is 0.512 bits per heavy atom. The fourth-order valence-electron chi connectivity index (χ4n) is 9.18. The van der Waals surface area contributed by atoms with Crippen molar-refractivity contribution in [1.82, 2.24) is 13.4 Å². The van der Waals surface area contributed by atoms with Gasteiger partial charge in [0.2, 0.25) is 0 Å². The van der Waals surface area contributed by atoms with Crippen molar-refractivity contribution in [1.29, 1.82) is 0 Å². The van der Waals surface area contributed by atoms with Crippen LogP contribution in [0.25, 0.3) is 61.0 Å². The summed E-state index contributed by atoms with van der Waals surface area (Å²) in [6.45, 7) is 4.18. The zero-order valence-electron chi connectivity index (χ0n) is 23.7. The van der Waals surface area contributed by atoms with Crippen molar-refractivity contribution in [2.75, 3.05) is 0 Å². The smallest absolute Gasteiger partial charge is 0.283 e. The van der Waals surface area contributed by atoms with E-state index >= 15 is 0 Å². The molecule has 12 rings (SSSR count). The summed E-state index contributed by atoms with van der Waals surface area (Å²) in [4.78, 5) is 14.8. The number of rotatable bonds is 0. The van der Waals surface area contributed by atoms with E-state index < -0.39 is 0 Å². The van der Waals surface area contributed by atoms with Crippen LogP contribution >= 0.6 is 0 Å². The predicted molar refractivity (Wildman–Crippen MR) is 180 cm³/mol. The Morgan fingerprint density at radius 3 is 1.47 bits per heavy atom. The molecule has 4 aliphatic heterocycles. The van der Waals surface area contributed by atoms with Gasteiger partial charge in [0.05, 0.1) is 11.0 Å². The van der Waals surface area contributed by atoms with Crippen LogP contribution in [0.15, 0.2) is 108 Å². The van der Waals surface area contributed by atoms with E-state index in [0.29, 0.717) is 0 Å². The molecule has 0 spiro atoms. The minimum Gasteiger partial charge on any atom is -0.283 e. The van der Waals surface area contributed by atoms with Crippen LogP contribution in [0.4, 0.5) is 0 Å². The number of aromatic nitrogens is 3. The number of benzene rings is 5. The Balaban J connectivity index is 0.00000115. The molecule has 4 aliphatic rings. The van der Waals surface area contributed by atoms with Crippen LogP contribution in [0.5, 0.6) is 0 Å². The van der Waals surface area contributed by atoms with Crippen molar-refractivity contribution in [3.8, 4) is 27.9 Å². The summed E-state index contributed by atoms with van der Waals surface area (Å²) in [5, 5.41) is 2.33. The Bertz CT molecular complexity index is 2520. The van der Waals surface area contributed by atoms with E-state index in [2.05, 4.69) is 108 Å². The summed E-state index contributed by atoms with van der Waals surface area (Å²) < 4.78 is 6.48. The Labute approximate surface area is 247 Å². The largest absolute Gasteiger partial charge is 0.340 e. The van der Waals surface area contributed by atoms with Crippen LogP contribution in [0.1, 0.15) is 13.8 Å². The molecular formula is C37H23B2N3O. The molecule has 5 aromatic carbocycles. The maximum absolute atomic E-state index is 14.8. The van der Waals surface area contributed by atoms with E-state index in [1.54, 1.807) is 0 Å². The highest BCUT2D eigenvalue weighted by molar-refractivity contribution is 7.06. The molecule has 4 nitrogen and oxygen atoms in total. The molecule has 0 bridgehead atoms. The lowest BCUT2D eigenvalue weighted by atomic mass is 9.33. The molecule has 0 saturated heterocycles. The van der Waals surface area contributed by atoms with Crippen molar-refractivity contribution in [2.24, 2.45) is 0 Å². The van der Waals surface area contributed by atoms with Gasteiger partial charge in [0, 0.05) is 5.69 Å². The van der Waals surface area contributed by atoms with Gasteiger partial charge in [0.15, 0.2) is 0 Å². The first-order valence-electron chi connectivity index (χ1n) is 15.3. The number of hydrogen-bond acceptors (Lipinski definition) is 1. The molecule has 3 aromatic heterocycles. The first-order valence-corrected chi connectivity index (χ1v) is 15.3. The van der Waals surface area contributed by atoms with E-state index in [0.717, 1.165) is 33.1 Å². The number of fused-ring (bicyclic) bond motifs is 14. The third kappa shape index (κ3) is 2.18. The zero-order valence-corrected chi connectivity index (χ0v) is 23.7. The van der Waals surface area contributed by atoms with Gasteiger partial charge in [-0.25, -0.2) is 13.6 Å². The highest BCUT2D eigenvalue weighted by atomic mass is 16.1. The first kappa shape index (κ1) is 22.4. The van der Waals surface area contributed by atoms with Crippen molar-refractivity contribution in [2.45, 2.75) is 13.8 Å². The molecule has 0 atom stereocenters. The molecule has 0 N–H and O–H groups in total. The molecule has 0 saturated carbocycles. The van der Waals surface area contributed by atoms with Gasteiger partial charge >= 0.3 is 5.69 Å². The molecule has 0 fully saturated rings. The molecule has 0 radical (unpaired) electrons. The average molecular weight is 547 g/mol. The van der Waals surface area contributed by atoms with E-state index in [4.69, 9.17) is 0 Å². The second kappa shape index (κ2) is 7.22. The second-order valence-electron chi connectivity index (χ2n) is 12.0. The quantitative estimate of drug-likeness (QED) is 0.268. The lowest BCUT2D eigenvalue weighted by Gasteiger charge is -2.32. The third-order valence-electron chi connectivity index (χ3n) is 10.5. The molecule has 43 heavy (non-hydrogen) atoms. The van der Waals surface area contributed by atoms with Gasteiger partial charge < -0.3 is 0 Å². The summed E-state index contributed by atoms with van der Waals surface area (Å²) in [6, 6.07) is 37.3. The maximum atomic E-state index is 14.8. The molecule has 0 aliphatic carbocycles. The molecule has 0 unspecified atom stereocenters. The van der Waals surface area contributed by atoms with Gasteiger partial charge in [-0.15, -0.1) is 0 Å². The van der Waals surface area contributed by atoms with Gasteiger partial charge in [-0.05, 0) is 73.1 Å². The predicted octanol–water partition coefficient (Wildman–Crippen LogP) is 3.30. The minimum absolute atomic E-state index is 0.0111. The first-order chi connectivity index (χ1) is 21.3. The van der Waals surface area contributed by atoms with Crippen LogP contribution in [-0.4, -0.2) is 26.8 Å². The summed E-state index contributed by atoms with van der Waals surface area (Å²) in [5.74, 6) is 0. The SMILES string of the molecule is CC.O=c1n2c3ccccc3c3c2n2c4c(c5ccccc5n14)B1c4ccccc4-c4cc5c(c-2c41)B3c1ccccc1-5. The maximum Gasteiger partial charge on any atom is 0.340 e. The standard InChI is InChI=1S/C35H17B2N3O.C2H6/c41-35-38-26-15-7-3-11-20(26)30-33(38)40-32-28-22(18-9-1-5-13-24(18)36(28)30)17-23-19-10-2-6-14-25(19)37(29(23)32)31-21-12-4-8-16-27(21)39(35)34(31)40;1-2/h1-17H;1-2H3.